The van der Waals surface area contributed by atoms with E-state index in [4.69, 9.17) is 5.11 Å². The molecule has 1 aromatic rings. The Kier molecular flexibility index (Phi) is 5.73. The second-order valence-electron chi connectivity index (χ2n) is 4.27. The fourth-order valence-corrected chi connectivity index (χ4v) is 2.15. The van der Waals surface area contributed by atoms with Crippen molar-refractivity contribution in [1.82, 2.24) is 5.32 Å². The molecule has 0 saturated heterocycles. The molecule has 0 aromatic carbocycles. The monoisotopic (exact) mass is 283 g/mol. The Morgan fingerprint density at radius 1 is 1.61 bits per heavy atom. The van der Waals surface area contributed by atoms with Crippen LogP contribution in [0.15, 0.2) is 11.4 Å². The van der Waals surface area contributed by atoms with E-state index >= 15 is 0 Å². The maximum atomic E-state index is 12.0. The van der Waals surface area contributed by atoms with Gasteiger partial charge < -0.3 is 10.4 Å². The molecule has 3 nitrogen and oxygen atoms in total. The molecule has 0 atom stereocenters. The number of aliphatic hydroxyl groups is 1. The van der Waals surface area contributed by atoms with Crippen LogP contribution in [0.3, 0.4) is 0 Å². The van der Waals surface area contributed by atoms with Crippen molar-refractivity contribution >= 4 is 29.0 Å². The molecule has 1 rings (SSSR count). The lowest BCUT2D eigenvalue weighted by atomic mass is 10.2. The van der Waals surface area contributed by atoms with Crippen molar-refractivity contribution in [2.24, 2.45) is 0 Å². The molecule has 0 saturated carbocycles. The van der Waals surface area contributed by atoms with Crippen molar-refractivity contribution in [3.8, 4) is 11.8 Å². The predicted molar refractivity (Wildman–Crippen MR) is 78.2 cm³/mol. The molecule has 5 heteroatoms. The minimum Gasteiger partial charge on any atom is -0.384 e. The van der Waals surface area contributed by atoms with Crippen molar-refractivity contribution in [2.75, 3.05) is 19.4 Å². The van der Waals surface area contributed by atoms with Gasteiger partial charge in [0.15, 0.2) is 0 Å². The van der Waals surface area contributed by atoms with Gasteiger partial charge in [-0.2, -0.15) is 11.8 Å². The largest absolute Gasteiger partial charge is 0.384 e. The Balaban J connectivity index is 2.71. The molecule has 0 fully saturated rings. The van der Waals surface area contributed by atoms with E-state index in [1.54, 1.807) is 17.8 Å². The standard InChI is InChI=1S/C13H17NO2S2/c1-13(2,17-3)9-14-12(16)11-10(5-4-7-15)6-8-18-11/h6,8,15H,7,9H2,1-3H3,(H,14,16). The molecule has 0 radical (unpaired) electrons. The highest BCUT2D eigenvalue weighted by Gasteiger charge is 2.19. The first-order valence-electron chi connectivity index (χ1n) is 5.51. The van der Waals surface area contributed by atoms with Crippen LogP contribution >= 0.6 is 23.1 Å². The minimum atomic E-state index is -0.198. The molecule has 2 N–H and O–H groups in total. The van der Waals surface area contributed by atoms with E-state index in [9.17, 15) is 4.79 Å². The fourth-order valence-electron chi connectivity index (χ4n) is 1.16. The van der Waals surface area contributed by atoms with Crippen molar-refractivity contribution in [3.05, 3.63) is 21.9 Å². The van der Waals surface area contributed by atoms with Crippen LogP contribution in [0.4, 0.5) is 0 Å². The molecule has 18 heavy (non-hydrogen) atoms. The third kappa shape index (κ3) is 4.37. The zero-order valence-electron chi connectivity index (χ0n) is 10.7. The SMILES string of the molecule is CSC(C)(C)CNC(=O)c1sccc1C#CCO. The molecule has 0 aliphatic rings. The van der Waals surface area contributed by atoms with Crippen LogP contribution in [0.25, 0.3) is 0 Å². The van der Waals surface area contributed by atoms with Crippen molar-refractivity contribution in [3.63, 3.8) is 0 Å². The predicted octanol–water partition coefficient (Wildman–Crippen LogP) is 1.96. The van der Waals surface area contributed by atoms with E-state index in [-0.39, 0.29) is 17.3 Å². The van der Waals surface area contributed by atoms with Crippen LogP contribution in [0, 0.1) is 11.8 Å². The summed E-state index contributed by atoms with van der Waals surface area (Å²) in [5, 5.41) is 13.4. The summed E-state index contributed by atoms with van der Waals surface area (Å²) >= 11 is 3.08. The number of amides is 1. The summed E-state index contributed by atoms with van der Waals surface area (Å²) in [6.07, 6.45) is 2.02. The zero-order valence-corrected chi connectivity index (χ0v) is 12.4. The van der Waals surface area contributed by atoms with Gasteiger partial charge in [0.25, 0.3) is 5.91 Å². The van der Waals surface area contributed by atoms with Gasteiger partial charge in [0.05, 0.1) is 0 Å². The molecule has 1 aromatic heterocycles. The van der Waals surface area contributed by atoms with E-state index in [0.29, 0.717) is 17.0 Å². The summed E-state index contributed by atoms with van der Waals surface area (Å²) in [6, 6.07) is 1.79. The van der Waals surface area contributed by atoms with Gasteiger partial charge in [-0.3, -0.25) is 4.79 Å². The van der Waals surface area contributed by atoms with E-state index in [1.807, 2.05) is 11.6 Å². The number of hydrogen-bond donors (Lipinski definition) is 2. The smallest absolute Gasteiger partial charge is 0.262 e. The van der Waals surface area contributed by atoms with Gasteiger partial charge in [-0.1, -0.05) is 11.8 Å². The first kappa shape index (κ1) is 15.1. The first-order valence-corrected chi connectivity index (χ1v) is 7.61. The second kappa shape index (κ2) is 6.83. The maximum Gasteiger partial charge on any atom is 0.262 e. The molecule has 1 amide bonds. The van der Waals surface area contributed by atoms with Crippen LogP contribution in [0.5, 0.6) is 0 Å². The summed E-state index contributed by atoms with van der Waals surface area (Å²) < 4.78 is 0.0177. The number of hydrogen-bond acceptors (Lipinski definition) is 4. The summed E-state index contributed by atoms with van der Waals surface area (Å²) in [6.45, 7) is 4.58. The molecule has 0 aliphatic heterocycles. The lowest BCUT2D eigenvalue weighted by Gasteiger charge is -2.21. The molecule has 0 unspecified atom stereocenters. The molecule has 0 bridgehead atoms. The van der Waals surface area contributed by atoms with Crippen LogP contribution in [-0.2, 0) is 0 Å². The van der Waals surface area contributed by atoms with E-state index in [1.165, 1.54) is 11.3 Å². The highest BCUT2D eigenvalue weighted by Crippen LogP contribution is 2.20. The Morgan fingerprint density at radius 2 is 2.33 bits per heavy atom. The summed E-state index contributed by atoms with van der Waals surface area (Å²) in [7, 11) is 0. The molecular weight excluding hydrogens is 266 g/mol. The third-order valence-electron chi connectivity index (χ3n) is 2.40. The lowest BCUT2D eigenvalue weighted by Crippen LogP contribution is -2.35. The normalized spacial score (nSPS) is 10.7. The first-order chi connectivity index (χ1) is 8.50. The van der Waals surface area contributed by atoms with Crippen LogP contribution in [0.1, 0.15) is 29.1 Å². The average Bonchev–Trinajstić information content (AvgIpc) is 2.82. The Bertz CT molecular complexity index is 469. The van der Waals surface area contributed by atoms with Gasteiger partial charge in [0.2, 0.25) is 0 Å². The quantitative estimate of drug-likeness (QED) is 0.831. The fraction of sp³-hybridized carbons (Fsp3) is 0.462. The van der Waals surface area contributed by atoms with Crippen molar-refractivity contribution < 1.29 is 9.90 Å². The number of carbonyl (C=O) groups excluding carboxylic acids is 1. The highest BCUT2D eigenvalue weighted by atomic mass is 32.2. The Labute approximate surface area is 116 Å². The van der Waals surface area contributed by atoms with E-state index < -0.39 is 0 Å². The van der Waals surface area contributed by atoms with Gasteiger partial charge in [-0.25, -0.2) is 0 Å². The topological polar surface area (TPSA) is 49.3 Å². The zero-order chi connectivity index (χ0) is 13.6. The highest BCUT2D eigenvalue weighted by molar-refractivity contribution is 7.99. The van der Waals surface area contributed by atoms with E-state index in [2.05, 4.69) is 31.0 Å². The van der Waals surface area contributed by atoms with Crippen LogP contribution < -0.4 is 5.32 Å². The van der Waals surface area contributed by atoms with Gasteiger partial charge >= 0.3 is 0 Å². The number of nitrogens with one attached hydrogen (secondary N) is 1. The van der Waals surface area contributed by atoms with E-state index in [0.717, 1.165) is 0 Å². The number of thioether (sulfide) groups is 1. The number of aliphatic hydroxyl groups excluding tert-OH is 1. The van der Waals surface area contributed by atoms with Crippen LogP contribution in [-0.4, -0.2) is 35.2 Å². The van der Waals surface area contributed by atoms with Gasteiger partial charge in [-0.15, -0.1) is 11.3 Å². The third-order valence-corrected chi connectivity index (χ3v) is 4.56. The lowest BCUT2D eigenvalue weighted by molar-refractivity contribution is 0.0954. The van der Waals surface area contributed by atoms with Gasteiger partial charge in [0.1, 0.15) is 11.5 Å². The summed E-state index contributed by atoms with van der Waals surface area (Å²) in [5.41, 5.74) is 0.675. The van der Waals surface area contributed by atoms with Gasteiger partial charge in [0, 0.05) is 16.9 Å². The number of rotatable bonds is 4. The molecule has 0 aliphatic carbocycles. The summed E-state index contributed by atoms with van der Waals surface area (Å²) in [5.74, 6) is 5.23. The average molecular weight is 283 g/mol. The Hall–Kier alpha value is -0.960. The molecule has 98 valence electrons. The second-order valence-corrected chi connectivity index (χ2v) is 6.70. The van der Waals surface area contributed by atoms with Crippen molar-refractivity contribution in [2.45, 2.75) is 18.6 Å². The summed E-state index contributed by atoms with van der Waals surface area (Å²) in [4.78, 5) is 12.6. The molecule has 1 heterocycles. The Morgan fingerprint density at radius 3 is 2.94 bits per heavy atom. The number of thiophene rings is 1. The van der Waals surface area contributed by atoms with Gasteiger partial charge in [-0.05, 0) is 31.5 Å². The minimum absolute atomic E-state index is 0.0177. The maximum absolute atomic E-state index is 12.0. The number of carbonyl (C=O) groups is 1. The molecule has 0 spiro atoms. The molecular formula is C13H17NO2S2. The van der Waals surface area contributed by atoms with Crippen molar-refractivity contribution in [1.29, 1.82) is 0 Å². The van der Waals surface area contributed by atoms with Crippen LogP contribution in [0.2, 0.25) is 0 Å².